The first-order valence-corrected chi connectivity index (χ1v) is 11.4. The summed E-state index contributed by atoms with van der Waals surface area (Å²) in [5.74, 6) is 0.927. The Hall–Kier alpha value is -0.413. The zero-order valence-corrected chi connectivity index (χ0v) is 15.5. The molecular weight excluding hydrogens is 276 g/mol. The number of carbonyl (C=O) groups is 1. The summed E-state index contributed by atoms with van der Waals surface area (Å²) in [4.78, 5) is 12.7. The van der Waals surface area contributed by atoms with Crippen LogP contribution in [0.4, 0.5) is 0 Å². The summed E-state index contributed by atoms with van der Waals surface area (Å²) in [7, 11) is -1.87. The predicted molar refractivity (Wildman–Crippen MR) is 88.8 cm³/mol. The minimum atomic E-state index is -1.87. The molecule has 0 aromatic carbocycles. The van der Waals surface area contributed by atoms with E-state index in [2.05, 4.69) is 46.9 Å². The molecule has 0 amide bonds. The smallest absolute Gasteiger partial charge is 0.193 e. The minimum absolute atomic E-state index is 0.190. The summed E-state index contributed by atoms with van der Waals surface area (Å²) in [6.45, 7) is 13.7. The second kappa shape index (κ2) is 4.32. The third-order valence-corrected chi connectivity index (χ3v) is 11.3. The first-order valence-electron chi connectivity index (χ1n) is 8.49. The molecule has 21 heavy (non-hydrogen) atoms. The van der Waals surface area contributed by atoms with Crippen LogP contribution in [0.25, 0.3) is 0 Å². The van der Waals surface area contributed by atoms with E-state index in [1.54, 1.807) is 0 Å². The Morgan fingerprint density at radius 1 is 1.29 bits per heavy atom. The van der Waals surface area contributed by atoms with Gasteiger partial charge >= 0.3 is 0 Å². The number of ketones is 1. The number of rotatable bonds is 2. The minimum Gasteiger partial charge on any atom is -0.406 e. The average molecular weight is 307 g/mol. The fourth-order valence-corrected chi connectivity index (χ4v) is 6.26. The van der Waals surface area contributed by atoms with Gasteiger partial charge in [0.1, 0.15) is 5.78 Å². The fraction of sp³-hybridized carbons (Fsp3) is 0.833. The molecule has 3 heteroatoms. The van der Waals surface area contributed by atoms with Gasteiger partial charge in [0.05, 0.1) is 11.0 Å². The first kappa shape index (κ1) is 15.5. The van der Waals surface area contributed by atoms with Crippen LogP contribution >= 0.6 is 0 Å². The number of allylic oxidation sites excluding steroid dienone is 1. The Kier molecular flexibility index (Phi) is 3.18. The van der Waals surface area contributed by atoms with Crippen LogP contribution < -0.4 is 0 Å². The molecule has 0 aromatic rings. The molecule has 2 saturated carbocycles. The van der Waals surface area contributed by atoms with Gasteiger partial charge in [-0.25, -0.2) is 0 Å². The molecule has 0 bridgehead atoms. The second-order valence-electron chi connectivity index (χ2n) is 9.01. The number of hydrogen-bond acceptors (Lipinski definition) is 2. The van der Waals surface area contributed by atoms with Crippen LogP contribution in [0.15, 0.2) is 11.6 Å². The highest BCUT2D eigenvalue weighted by Gasteiger charge is 2.73. The van der Waals surface area contributed by atoms with E-state index < -0.39 is 8.32 Å². The summed E-state index contributed by atoms with van der Waals surface area (Å²) in [5, 5.41) is 0.191. The topological polar surface area (TPSA) is 26.3 Å². The quantitative estimate of drug-likeness (QED) is 0.538. The molecule has 3 aliphatic rings. The summed E-state index contributed by atoms with van der Waals surface area (Å²) in [5.41, 5.74) is 0.965. The van der Waals surface area contributed by atoms with Gasteiger partial charge in [-0.1, -0.05) is 45.3 Å². The molecular formula is C18H30O2Si. The molecule has 3 rings (SSSR count). The lowest BCUT2D eigenvalue weighted by Crippen LogP contribution is -2.69. The van der Waals surface area contributed by atoms with Gasteiger partial charge in [-0.2, -0.15) is 0 Å². The van der Waals surface area contributed by atoms with E-state index >= 15 is 0 Å². The van der Waals surface area contributed by atoms with Crippen LogP contribution in [-0.4, -0.2) is 19.7 Å². The monoisotopic (exact) mass is 306 g/mol. The predicted octanol–water partition coefficient (Wildman–Crippen LogP) is 4.86. The second-order valence-corrected chi connectivity index (χ2v) is 13.7. The average Bonchev–Trinajstić information content (AvgIpc) is 2.54. The van der Waals surface area contributed by atoms with E-state index in [4.69, 9.17) is 4.43 Å². The maximum absolute atomic E-state index is 12.7. The summed E-state index contributed by atoms with van der Waals surface area (Å²) < 4.78 is 6.89. The highest BCUT2D eigenvalue weighted by Crippen LogP contribution is 2.68. The van der Waals surface area contributed by atoms with E-state index in [9.17, 15) is 4.79 Å². The molecule has 0 saturated heterocycles. The summed E-state index contributed by atoms with van der Waals surface area (Å²) in [6.07, 6.45) is 7.64. The van der Waals surface area contributed by atoms with Crippen LogP contribution in [0, 0.1) is 11.3 Å². The van der Waals surface area contributed by atoms with Gasteiger partial charge < -0.3 is 4.43 Å². The highest BCUT2D eigenvalue weighted by atomic mass is 28.4. The van der Waals surface area contributed by atoms with Gasteiger partial charge in [0.15, 0.2) is 8.32 Å². The summed E-state index contributed by atoms with van der Waals surface area (Å²) >= 11 is 0. The molecule has 0 unspecified atom stereocenters. The van der Waals surface area contributed by atoms with Crippen molar-refractivity contribution in [1.29, 1.82) is 0 Å². The van der Waals surface area contributed by atoms with Crippen molar-refractivity contribution >= 4 is 14.1 Å². The van der Waals surface area contributed by atoms with Crippen molar-refractivity contribution in [1.82, 2.24) is 0 Å². The Morgan fingerprint density at radius 3 is 2.52 bits per heavy atom. The van der Waals surface area contributed by atoms with Crippen LogP contribution in [0.1, 0.15) is 59.8 Å². The number of hydrogen-bond donors (Lipinski definition) is 0. The fourth-order valence-electron chi connectivity index (χ4n) is 4.73. The Morgan fingerprint density at radius 2 is 1.95 bits per heavy atom. The molecule has 0 heterocycles. The Labute approximate surface area is 130 Å². The van der Waals surface area contributed by atoms with Crippen molar-refractivity contribution < 1.29 is 9.22 Å². The Balaban J connectivity index is 1.99. The maximum Gasteiger partial charge on any atom is 0.193 e. The highest BCUT2D eigenvalue weighted by molar-refractivity contribution is 6.74. The molecule has 118 valence electrons. The third-order valence-electron chi connectivity index (χ3n) is 6.84. The maximum atomic E-state index is 12.7. The van der Waals surface area contributed by atoms with E-state index in [1.807, 2.05) is 0 Å². The van der Waals surface area contributed by atoms with Crippen molar-refractivity contribution in [2.24, 2.45) is 11.3 Å². The number of carbonyl (C=O) groups excluding carboxylic acids is 1. The lowest BCUT2D eigenvalue weighted by Gasteiger charge is -2.60. The zero-order valence-electron chi connectivity index (χ0n) is 14.5. The van der Waals surface area contributed by atoms with Gasteiger partial charge in [-0.05, 0) is 43.8 Å². The van der Waals surface area contributed by atoms with Crippen LogP contribution in [0.3, 0.4) is 0 Å². The van der Waals surface area contributed by atoms with Gasteiger partial charge in [-0.15, -0.1) is 0 Å². The van der Waals surface area contributed by atoms with E-state index in [-0.39, 0.29) is 16.1 Å². The largest absolute Gasteiger partial charge is 0.406 e. The van der Waals surface area contributed by atoms with Crippen molar-refractivity contribution in [2.45, 2.75) is 83.5 Å². The van der Waals surface area contributed by atoms with Gasteiger partial charge in [0.2, 0.25) is 0 Å². The van der Waals surface area contributed by atoms with Gasteiger partial charge in [-0.3, -0.25) is 4.79 Å². The van der Waals surface area contributed by atoms with Crippen LogP contribution in [-0.2, 0) is 9.22 Å². The third kappa shape index (κ3) is 1.83. The molecule has 0 aromatic heterocycles. The van der Waals surface area contributed by atoms with Crippen LogP contribution in [0.2, 0.25) is 18.1 Å². The molecule has 0 aliphatic heterocycles. The molecule has 0 radical (unpaired) electrons. The van der Waals surface area contributed by atoms with Gasteiger partial charge in [0, 0.05) is 6.42 Å². The van der Waals surface area contributed by atoms with E-state index in [0.717, 1.165) is 6.42 Å². The SMILES string of the molecule is CC1=C[C@@]2(O[Si](C)(C)C(C)(C)C)CC(=O)[C@]23CCCC[C@H]13. The van der Waals surface area contributed by atoms with Crippen molar-refractivity contribution in [2.75, 3.05) is 0 Å². The zero-order chi connectivity index (χ0) is 15.7. The van der Waals surface area contributed by atoms with Crippen molar-refractivity contribution in [3.8, 4) is 0 Å². The molecule has 3 atom stereocenters. The number of Topliss-reactive ketones (excluding diaryl/α,β-unsaturated/α-hetero) is 1. The first-order chi connectivity index (χ1) is 9.56. The van der Waals surface area contributed by atoms with Crippen molar-refractivity contribution in [3.63, 3.8) is 0 Å². The molecule has 2 fully saturated rings. The lowest BCUT2D eigenvalue weighted by atomic mass is 9.49. The van der Waals surface area contributed by atoms with Crippen LogP contribution in [0.5, 0.6) is 0 Å². The van der Waals surface area contributed by atoms with E-state index in [1.165, 1.54) is 24.8 Å². The molecule has 0 N–H and O–H groups in total. The Bertz CT molecular complexity index is 514. The standard InChI is InChI=1S/C18H30O2Si/c1-13-11-17(20-21(5,6)16(2,3)4)12-15(19)18(17)10-8-7-9-14(13)18/h11,14H,7-10,12H2,1-6H3/t14-,17-,18-/m1/s1. The molecule has 2 nitrogen and oxygen atoms in total. The van der Waals surface area contributed by atoms with Crippen molar-refractivity contribution in [3.05, 3.63) is 11.6 Å². The lowest BCUT2D eigenvalue weighted by molar-refractivity contribution is -0.176. The summed E-state index contributed by atoms with van der Waals surface area (Å²) in [6, 6.07) is 0. The molecule has 1 spiro atoms. The van der Waals surface area contributed by atoms with Gasteiger partial charge in [0.25, 0.3) is 0 Å². The molecule has 3 aliphatic carbocycles. The normalized spacial score (nSPS) is 39.4. The van der Waals surface area contributed by atoms with E-state index in [0.29, 0.717) is 18.1 Å².